The lowest BCUT2D eigenvalue weighted by atomic mass is 9.93. The number of allylic oxidation sites excluding steroid dienone is 1. The summed E-state index contributed by atoms with van der Waals surface area (Å²) < 4.78 is 15.8. The van der Waals surface area contributed by atoms with E-state index >= 15 is 0 Å². The standard InChI is InChI=1S/C17H24O4/c1-11(2)15(9-12(3)21-13(4)18)14-7-8-16(19-5)17(10-14)20-6/h7-12H,1-6H3/b15-9+. The van der Waals surface area contributed by atoms with E-state index < -0.39 is 0 Å². The molecule has 0 N–H and O–H groups in total. The van der Waals surface area contributed by atoms with Crippen LogP contribution in [-0.2, 0) is 9.53 Å². The largest absolute Gasteiger partial charge is 0.493 e. The van der Waals surface area contributed by atoms with Gasteiger partial charge in [-0.2, -0.15) is 0 Å². The lowest BCUT2D eigenvalue weighted by molar-refractivity contribution is -0.143. The molecule has 1 rings (SSSR count). The summed E-state index contributed by atoms with van der Waals surface area (Å²) in [7, 11) is 3.22. The lowest BCUT2D eigenvalue weighted by Crippen LogP contribution is -2.11. The van der Waals surface area contributed by atoms with Crippen molar-refractivity contribution in [3.8, 4) is 11.5 Å². The molecule has 21 heavy (non-hydrogen) atoms. The number of hydrogen-bond donors (Lipinski definition) is 0. The quantitative estimate of drug-likeness (QED) is 0.750. The fraction of sp³-hybridized carbons (Fsp3) is 0.471. The zero-order chi connectivity index (χ0) is 16.0. The average molecular weight is 292 g/mol. The highest BCUT2D eigenvalue weighted by atomic mass is 16.5. The Bertz CT molecular complexity index is 518. The maximum Gasteiger partial charge on any atom is 0.303 e. The molecule has 0 aliphatic heterocycles. The second-order valence-electron chi connectivity index (χ2n) is 5.16. The Labute approximate surface area is 126 Å². The van der Waals surface area contributed by atoms with Crippen LogP contribution in [-0.4, -0.2) is 26.3 Å². The molecule has 0 bridgehead atoms. The van der Waals surface area contributed by atoms with Gasteiger partial charge in [0, 0.05) is 6.92 Å². The minimum Gasteiger partial charge on any atom is -0.493 e. The normalized spacial score (nSPS) is 13.0. The molecule has 4 nitrogen and oxygen atoms in total. The van der Waals surface area contributed by atoms with Gasteiger partial charge in [-0.15, -0.1) is 0 Å². The highest BCUT2D eigenvalue weighted by Crippen LogP contribution is 2.33. The van der Waals surface area contributed by atoms with Crippen LogP contribution in [0.5, 0.6) is 11.5 Å². The van der Waals surface area contributed by atoms with Gasteiger partial charge in [0.1, 0.15) is 6.10 Å². The lowest BCUT2D eigenvalue weighted by Gasteiger charge is -2.17. The highest BCUT2D eigenvalue weighted by molar-refractivity contribution is 5.71. The molecule has 0 fully saturated rings. The molecular formula is C17H24O4. The first-order valence-corrected chi connectivity index (χ1v) is 7.00. The summed E-state index contributed by atoms with van der Waals surface area (Å²) in [4.78, 5) is 11.0. The maximum absolute atomic E-state index is 11.0. The Kier molecular flexibility index (Phi) is 6.28. The van der Waals surface area contributed by atoms with Gasteiger partial charge in [0.15, 0.2) is 11.5 Å². The number of carbonyl (C=O) groups excluding carboxylic acids is 1. The predicted octanol–water partition coefficient (Wildman–Crippen LogP) is 3.69. The van der Waals surface area contributed by atoms with Crippen molar-refractivity contribution in [1.29, 1.82) is 0 Å². The molecule has 0 heterocycles. The van der Waals surface area contributed by atoms with E-state index in [4.69, 9.17) is 14.2 Å². The maximum atomic E-state index is 11.0. The van der Waals surface area contributed by atoms with Crippen molar-refractivity contribution in [2.75, 3.05) is 14.2 Å². The number of ether oxygens (including phenoxy) is 3. The smallest absolute Gasteiger partial charge is 0.303 e. The van der Waals surface area contributed by atoms with E-state index in [1.54, 1.807) is 14.2 Å². The van der Waals surface area contributed by atoms with Crippen LogP contribution in [0.3, 0.4) is 0 Å². The van der Waals surface area contributed by atoms with Crippen molar-refractivity contribution in [1.82, 2.24) is 0 Å². The first-order chi connectivity index (χ1) is 9.88. The van der Waals surface area contributed by atoms with Crippen LogP contribution in [0.2, 0.25) is 0 Å². The minimum absolute atomic E-state index is 0.270. The molecule has 1 unspecified atom stereocenters. The van der Waals surface area contributed by atoms with E-state index in [0.29, 0.717) is 17.4 Å². The van der Waals surface area contributed by atoms with Crippen molar-refractivity contribution >= 4 is 11.5 Å². The minimum atomic E-state index is -0.283. The van der Waals surface area contributed by atoms with Gasteiger partial charge in [-0.05, 0) is 42.2 Å². The van der Waals surface area contributed by atoms with Crippen LogP contribution < -0.4 is 9.47 Å². The van der Waals surface area contributed by atoms with Gasteiger partial charge < -0.3 is 14.2 Å². The van der Waals surface area contributed by atoms with E-state index in [1.165, 1.54) is 6.92 Å². The topological polar surface area (TPSA) is 44.8 Å². The van der Waals surface area contributed by atoms with Crippen LogP contribution in [0.25, 0.3) is 5.57 Å². The third-order valence-electron chi connectivity index (χ3n) is 3.11. The fourth-order valence-corrected chi connectivity index (χ4v) is 2.19. The van der Waals surface area contributed by atoms with E-state index in [9.17, 15) is 4.79 Å². The van der Waals surface area contributed by atoms with Crippen LogP contribution >= 0.6 is 0 Å². The molecule has 0 spiro atoms. The molecule has 0 saturated carbocycles. The third kappa shape index (κ3) is 4.81. The van der Waals surface area contributed by atoms with Gasteiger partial charge in [0.25, 0.3) is 0 Å². The molecule has 0 aromatic heterocycles. The number of hydrogen-bond acceptors (Lipinski definition) is 4. The summed E-state index contributed by atoms with van der Waals surface area (Å²) >= 11 is 0. The Hall–Kier alpha value is -1.97. The van der Waals surface area contributed by atoms with Gasteiger partial charge in [-0.1, -0.05) is 19.9 Å². The first kappa shape index (κ1) is 17.1. The number of methoxy groups -OCH3 is 2. The molecular weight excluding hydrogens is 268 g/mol. The van der Waals surface area contributed by atoms with E-state index in [1.807, 2.05) is 31.2 Å². The summed E-state index contributed by atoms with van der Waals surface area (Å²) in [5, 5.41) is 0. The zero-order valence-corrected chi connectivity index (χ0v) is 13.6. The molecule has 0 radical (unpaired) electrons. The van der Waals surface area contributed by atoms with Gasteiger partial charge in [0.05, 0.1) is 14.2 Å². The average Bonchev–Trinajstić information content (AvgIpc) is 2.43. The summed E-state index contributed by atoms with van der Waals surface area (Å²) in [5.41, 5.74) is 2.13. The van der Waals surface area contributed by atoms with Crippen molar-refractivity contribution in [3.63, 3.8) is 0 Å². The predicted molar refractivity (Wildman–Crippen MR) is 83.6 cm³/mol. The number of benzene rings is 1. The van der Waals surface area contributed by atoms with E-state index in [2.05, 4.69) is 13.8 Å². The highest BCUT2D eigenvalue weighted by Gasteiger charge is 2.13. The molecule has 1 atom stereocenters. The van der Waals surface area contributed by atoms with Crippen LogP contribution in [0, 0.1) is 5.92 Å². The second-order valence-corrected chi connectivity index (χ2v) is 5.16. The third-order valence-corrected chi connectivity index (χ3v) is 3.11. The number of carbonyl (C=O) groups is 1. The van der Waals surface area contributed by atoms with Gasteiger partial charge in [-0.25, -0.2) is 0 Å². The Morgan fingerprint density at radius 3 is 2.19 bits per heavy atom. The molecule has 116 valence electrons. The molecule has 1 aromatic carbocycles. The summed E-state index contributed by atoms with van der Waals surface area (Å²) in [6.45, 7) is 7.46. The number of rotatable bonds is 6. The summed E-state index contributed by atoms with van der Waals surface area (Å²) in [5.74, 6) is 1.38. The molecule has 1 aromatic rings. The van der Waals surface area contributed by atoms with Crippen molar-refractivity contribution in [3.05, 3.63) is 29.8 Å². The molecule has 0 aliphatic rings. The van der Waals surface area contributed by atoms with Crippen molar-refractivity contribution < 1.29 is 19.0 Å². The summed E-state index contributed by atoms with van der Waals surface area (Å²) in [6, 6.07) is 5.79. The number of esters is 1. The summed E-state index contributed by atoms with van der Waals surface area (Å²) in [6.07, 6.45) is 1.70. The monoisotopic (exact) mass is 292 g/mol. The van der Waals surface area contributed by atoms with E-state index in [-0.39, 0.29) is 12.1 Å². The van der Waals surface area contributed by atoms with Crippen LogP contribution in [0.15, 0.2) is 24.3 Å². The van der Waals surface area contributed by atoms with Crippen LogP contribution in [0.4, 0.5) is 0 Å². The van der Waals surface area contributed by atoms with Crippen molar-refractivity contribution in [2.45, 2.75) is 33.8 Å². The second kappa shape index (κ2) is 7.72. The molecule has 0 aliphatic carbocycles. The molecule has 0 amide bonds. The fourth-order valence-electron chi connectivity index (χ4n) is 2.19. The van der Waals surface area contributed by atoms with E-state index in [0.717, 1.165) is 11.1 Å². The van der Waals surface area contributed by atoms with Crippen molar-refractivity contribution in [2.24, 2.45) is 5.92 Å². The Morgan fingerprint density at radius 2 is 1.71 bits per heavy atom. The van der Waals surface area contributed by atoms with Gasteiger partial charge in [-0.3, -0.25) is 4.79 Å². The van der Waals surface area contributed by atoms with Gasteiger partial charge >= 0.3 is 5.97 Å². The van der Waals surface area contributed by atoms with Crippen LogP contribution in [0.1, 0.15) is 33.3 Å². The zero-order valence-electron chi connectivity index (χ0n) is 13.6. The SMILES string of the molecule is COc1ccc(/C(=C/C(C)OC(C)=O)C(C)C)cc1OC. The van der Waals surface area contributed by atoms with Gasteiger partial charge in [0.2, 0.25) is 0 Å². The molecule has 0 saturated heterocycles. The first-order valence-electron chi connectivity index (χ1n) is 7.00. The Balaban J connectivity index is 3.17. The molecule has 4 heteroatoms. The Morgan fingerprint density at radius 1 is 1.10 bits per heavy atom.